The monoisotopic (exact) mass is 326 g/mol. The molecule has 3 N–H and O–H groups in total. The average Bonchev–Trinajstić information content (AvgIpc) is 2.46. The van der Waals surface area contributed by atoms with Crippen molar-refractivity contribution in [3.05, 3.63) is 33.8 Å². The molecule has 19 heavy (non-hydrogen) atoms. The largest absolute Gasteiger partial charge is 0.374 e. The highest BCUT2D eigenvalue weighted by Crippen LogP contribution is 2.24. The second kappa shape index (κ2) is 7.03. The van der Waals surface area contributed by atoms with Gasteiger partial charge in [-0.2, -0.15) is 0 Å². The van der Waals surface area contributed by atoms with Crippen LogP contribution in [0.15, 0.2) is 22.7 Å². The van der Waals surface area contributed by atoms with Gasteiger partial charge in [0.15, 0.2) is 0 Å². The van der Waals surface area contributed by atoms with Gasteiger partial charge in [-0.3, -0.25) is 10.2 Å². The molecule has 0 atom stereocenters. The van der Waals surface area contributed by atoms with Crippen LogP contribution in [0.1, 0.15) is 48.0 Å². The number of nitrogens with one attached hydrogen (secondary N) is 1. The molecule has 1 aliphatic carbocycles. The molecule has 0 unspecified atom stereocenters. The summed E-state index contributed by atoms with van der Waals surface area (Å²) in [5.41, 5.74) is 3.71. The number of nitrogens with two attached hydrogens (primary N) is 1. The van der Waals surface area contributed by atoms with E-state index >= 15 is 0 Å². The molecule has 4 nitrogen and oxygen atoms in total. The molecule has 0 radical (unpaired) electrons. The van der Waals surface area contributed by atoms with Gasteiger partial charge < -0.3 is 4.74 Å². The van der Waals surface area contributed by atoms with Crippen LogP contribution in [0, 0.1) is 0 Å². The average molecular weight is 327 g/mol. The van der Waals surface area contributed by atoms with Crippen molar-refractivity contribution in [2.24, 2.45) is 5.84 Å². The van der Waals surface area contributed by atoms with Crippen LogP contribution >= 0.6 is 15.9 Å². The van der Waals surface area contributed by atoms with Crippen molar-refractivity contribution in [3.8, 4) is 0 Å². The lowest BCUT2D eigenvalue weighted by atomic mass is 9.98. The maximum absolute atomic E-state index is 11.4. The summed E-state index contributed by atoms with van der Waals surface area (Å²) in [5, 5.41) is 0. The van der Waals surface area contributed by atoms with Gasteiger partial charge >= 0.3 is 0 Å². The van der Waals surface area contributed by atoms with Crippen LogP contribution in [0.25, 0.3) is 0 Å². The number of halogens is 1. The number of hydrazine groups is 1. The molecule has 5 heteroatoms. The molecular weight excluding hydrogens is 308 g/mol. The van der Waals surface area contributed by atoms with Gasteiger partial charge in [-0.15, -0.1) is 0 Å². The molecule has 1 fully saturated rings. The number of carbonyl (C=O) groups excluding carboxylic acids is 1. The fourth-order valence-electron chi connectivity index (χ4n) is 2.33. The first kappa shape index (κ1) is 14.5. The van der Waals surface area contributed by atoms with E-state index in [4.69, 9.17) is 10.6 Å². The van der Waals surface area contributed by atoms with Gasteiger partial charge in [0.1, 0.15) is 0 Å². The summed E-state index contributed by atoms with van der Waals surface area (Å²) in [5.74, 6) is 4.82. The number of rotatable bonds is 4. The Hall–Kier alpha value is -0.910. The highest BCUT2D eigenvalue weighted by atomic mass is 79.9. The molecule has 1 aromatic carbocycles. The molecule has 1 saturated carbocycles. The zero-order valence-corrected chi connectivity index (χ0v) is 12.4. The fraction of sp³-hybridized carbons (Fsp3) is 0.500. The van der Waals surface area contributed by atoms with Gasteiger partial charge in [0.2, 0.25) is 0 Å². The Morgan fingerprint density at radius 3 is 2.74 bits per heavy atom. The minimum atomic E-state index is -0.291. The second-order valence-electron chi connectivity index (χ2n) is 4.85. The van der Waals surface area contributed by atoms with Gasteiger partial charge in [0.25, 0.3) is 5.91 Å². The van der Waals surface area contributed by atoms with Crippen LogP contribution in [0.2, 0.25) is 0 Å². The summed E-state index contributed by atoms with van der Waals surface area (Å²) in [7, 11) is 0. The molecule has 1 aliphatic rings. The summed E-state index contributed by atoms with van der Waals surface area (Å²) in [4.78, 5) is 11.4. The number of hydrogen-bond donors (Lipinski definition) is 2. The standard InChI is InChI=1S/C14H19BrN2O2/c15-13-8-10(14(18)17-16)6-7-11(13)9-19-12-4-2-1-3-5-12/h6-8,12H,1-5,9,16H2,(H,17,18). The number of nitrogen functional groups attached to an aromatic ring is 1. The highest BCUT2D eigenvalue weighted by Gasteiger charge is 2.14. The van der Waals surface area contributed by atoms with Gasteiger partial charge in [-0.1, -0.05) is 41.3 Å². The Bertz CT molecular complexity index is 445. The Balaban J connectivity index is 1.95. The van der Waals surface area contributed by atoms with E-state index in [1.165, 1.54) is 19.3 Å². The van der Waals surface area contributed by atoms with Crippen molar-refractivity contribution in [2.45, 2.75) is 44.8 Å². The zero-order valence-electron chi connectivity index (χ0n) is 10.8. The summed E-state index contributed by atoms with van der Waals surface area (Å²) in [6.45, 7) is 0.579. The van der Waals surface area contributed by atoms with E-state index in [0.29, 0.717) is 18.3 Å². The third kappa shape index (κ3) is 4.03. The Labute approximate surface area is 121 Å². The fourth-order valence-corrected chi connectivity index (χ4v) is 2.82. The Morgan fingerprint density at radius 1 is 1.37 bits per heavy atom. The lowest BCUT2D eigenvalue weighted by Gasteiger charge is -2.22. The summed E-state index contributed by atoms with van der Waals surface area (Å²) >= 11 is 3.47. The SMILES string of the molecule is NNC(=O)c1ccc(COC2CCCCC2)c(Br)c1. The van der Waals surface area contributed by atoms with E-state index in [1.807, 2.05) is 6.07 Å². The number of ether oxygens (including phenoxy) is 1. The molecule has 1 aromatic rings. The summed E-state index contributed by atoms with van der Waals surface area (Å²) < 4.78 is 6.80. The lowest BCUT2D eigenvalue weighted by Crippen LogP contribution is -2.29. The van der Waals surface area contributed by atoms with E-state index < -0.39 is 0 Å². The molecule has 0 aromatic heterocycles. The molecular formula is C14H19BrN2O2. The third-order valence-electron chi connectivity index (χ3n) is 3.47. The number of amides is 1. The van der Waals surface area contributed by atoms with E-state index in [1.54, 1.807) is 12.1 Å². The predicted octanol–water partition coefficient (Wildman–Crippen LogP) is 2.90. The van der Waals surface area contributed by atoms with Crippen molar-refractivity contribution < 1.29 is 9.53 Å². The van der Waals surface area contributed by atoms with Crippen molar-refractivity contribution in [1.29, 1.82) is 0 Å². The second-order valence-corrected chi connectivity index (χ2v) is 5.71. The van der Waals surface area contributed by atoms with Crippen LogP contribution < -0.4 is 11.3 Å². The van der Waals surface area contributed by atoms with Gasteiger partial charge in [0, 0.05) is 10.0 Å². The first-order valence-electron chi connectivity index (χ1n) is 6.61. The van der Waals surface area contributed by atoms with Gasteiger partial charge in [-0.25, -0.2) is 5.84 Å². The quantitative estimate of drug-likeness (QED) is 0.508. The van der Waals surface area contributed by atoms with Crippen molar-refractivity contribution in [3.63, 3.8) is 0 Å². The molecule has 2 rings (SSSR count). The molecule has 0 saturated heterocycles. The third-order valence-corrected chi connectivity index (χ3v) is 4.21. The van der Waals surface area contributed by atoms with E-state index in [0.717, 1.165) is 22.9 Å². The van der Waals surface area contributed by atoms with Crippen molar-refractivity contribution in [1.82, 2.24) is 5.43 Å². The number of hydrogen-bond acceptors (Lipinski definition) is 3. The van der Waals surface area contributed by atoms with E-state index in [2.05, 4.69) is 21.4 Å². The summed E-state index contributed by atoms with van der Waals surface area (Å²) in [6, 6.07) is 5.42. The van der Waals surface area contributed by atoms with Gasteiger partial charge in [0.05, 0.1) is 12.7 Å². The smallest absolute Gasteiger partial charge is 0.265 e. The van der Waals surface area contributed by atoms with E-state index in [-0.39, 0.29) is 5.91 Å². The van der Waals surface area contributed by atoms with Crippen LogP contribution in [-0.4, -0.2) is 12.0 Å². The number of benzene rings is 1. The molecule has 0 spiro atoms. The Kier molecular flexibility index (Phi) is 5.36. The first-order chi connectivity index (χ1) is 9.20. The first-order valence-corrected chi connectivity index (χ1v) is 7.41. The minimum Gasteiger partial charge on any atom is -0.374 e. The predicted molar refractivity (Wildman–Crippen MR) is 77.5 cm³/mol. The van der Waals surface area contributed by atoms with Crippen LogP contribution in [0.4, 0.5) is 0 Å². The summed E-state index contributed by atoms with van der Waals surface area (Å²) in [6.07, 6.45) is 6.55. The molecule has 0 heterocycles. The molecule has 0 aliphatic heterocycles. The zero-order chi connectivity index (χ0) is 13.7. The highest BCUT2D eigenvalue weighted by molar-refractivity contribution is 9.10. The van der Waals surface area contributed by atoms with Crippen LogP contribution in [0.5, 0.6) is 0 Å². The Morgan fingerprint density at radius 2 is 2.11 bits per heavy atom. The topological polar surface area (TPSA) is 64.3 Å². The molecule has 0 bridgehead atoms. The van der Waals surface area contributed by atoms with Crippen molar-refractivity contribution in [2.75, 3.05) is 0 Å². The molecule has 104 valence electrons. The lowest BCUT2D eigenvalue weighted by molar-refractivity contribution is 0.0166. The normalized spacial score (nSPS) is 16.3. The van der Waals surface area contributed by atoms with E-state index in [9.17, 15) is 4.79 Å². The minimum absolute atomic E-state index is 0.291. The maximum Gasteiger partial charge on any atom is 0.265 e. The van der Waals surface area contributed by atoms with Crippen LogP contribution in [-0.2, 0) is 11.3 Å². The van der Waals surface area contributed by atoms with Gasteiger partial charge in [-0.05, 0) is 30.5 Å². The maximum atomic E-state index is 11.4. The molecule has 1 amide bonds. The number of carbonyl (C=O) groups is 1. The van der Waals surface area contributed by atoms with Crippen molar-refractivity contribution >= 4 is 21.8 Å². The van der Waals surface area contributed by atoms with Crippen LogP contribution in [0.3, 0.4) is 0 Å².